The van der Waals surface area contributed by atoms with Crippen molar-refractivity contribution in [2.75, 3.05) is 46.4 Å². The molecule has 8 heterocycles. The number of aromatic nitrogens is 8. The Hall–Kier alpha value is -13.1. The first kappa shape index (κ1) is 133. The Balaban J connectivity index is 0.00000197. The number of rotatable bonds is 38. The van der Waals surface area contributed by atoms with Crippen molar-refractivity contribution < 1.29 is 120 Å². The Labute approximate surface area is 897 Å². The van der Waals surface area contributed by atoms with Gasteiger partial charge in [0.05, 0.1) is 65.7 Å². The van der Waals surface area contributed by atoms with Gasteiger partial charge in [-0.05, 0) is 280 Å². The number of aryl methyl sites for hydroxylation is 3. The molecule has 0 fully saturated rings. The maximum atomic E-state index is 13.5. The Morgan fingerprint density at radius 1 is 0.329 bits per heavy atom. The summed E-state index contributed by atoms with van der Waals surface area (Å²) in [6.07, 6.45) is 22.0. The third kappa shape index (κ3) is 43.3. The van der Waals surface area contributed by atoms with E-state index in [0.717, 1.165) is 222 Å². The van der Waals surface area contributed by atoms with Crippen molar-refractivity contribution in [2.45, 2.75) is 164 Å². The molecule has 3 amide bonds. The zero-order valence-electron chi connectivity index (χ0n) is 83.1. The van der Waals surface area contributed by atoms with Crippen molar-refractivity contribution >= 4 is 144 Å². The van der Waals surface area contributed by atoms with E-state index < -0.39 is 0 Å². The number of amides is 3. The smallest absolute Gasteiger partial charge is 0.262 e. The Morgan fingerprint density at radius 3 is 0.801 bits per heavy atom. The maximum absolute atomic E-state index is 13.5. The van der Waals surface area contributed by atoms with Crippen LogP contribution in [0, 0.1) is 41.5 Å². The van der Waals surface area contributed by atoms with Crippen LogP contribution in [-0.4, -0.2) is 187 Å². The van der Waals surface area contributed by atoms with Crippen LogP contribution in [0.15, 0.2) is 249 Å². The molecule has 0 saturated carbocycles. The molecule has 0 saturated heterocycles. The number of methoxy groups -OCH3 is 1. The molecule has 14 rings (SSSR count). The van der Waals surface area contributed by atoms with Crippen LogP contribution in [0.5, 0.6) is 5.88 Å². The van der Waals surface area contributed by atoms with Crippen molar-refractivity contribution in [3.8, 4) is 5.88 Å². The van der Waals surface area contributed by atoms with Crippen molar-refractivity contribution in [2.24, 2.45) is 5.73 Å². The molecule has 0 spiro atoms. The molecule has 0 atom stereocenters. The van der Waals surface area contributed by atoms with Crippen molar-refractivity contribution in [3.05, 3.63) is 354 Å². The zero-order chi connectivity index (χ0) is 103. The van der Waals surface area contributed by atoms with Crippen LogP contribution in [0.25, 0.3) is 32.7 Å². The van der Waals surface area contributed by atoms with Crippen LogP contribution in [-0.2, 0) is 129 Å². The average molecular weight is 2390 g/mol. The molecular formula is C111H129Cl3N14O16Re2-6. The second-order valence-electron chi connectivity index (χ2n) is 32.4. The normalized spacial score (nSPS) is 9.95. The molecule has 0 aliphatic carbocycles. The third-order valence-electron chi connectivity index (χ3n) is 22.6. The van der Waals surface area contributed by atoms with Crippen LogP contribution in [0.2, 0.25) is 15.1 Å². The molecular weight excluding hydrogens is 2260 g/mol. The van der Waals surface area contributed by atoms with Crippen molar-refractivity contribution in [1.29, 1.82) is 0 Å². The number of nitrogens with zero attached hydrogens (tertiary/aromatic N) is 10. The summed E-state index contributed by atoms with van der Waals surface area (Å²) < 4.78 is 9.93. The second-order valence-corrected chi connectivity index (χ2v) is 33.7. The van der Waals surface area contributed by atoms with Gasteiger partial charge < -0.3 is 71.6 Å². The minimum atomic E-state index is -0.136. The number of carbonyl (C=O) groups excluding carboxylic acids is 12. The third-order valence-corrected chi connectivity index (χ3v) is 23.3. The number of ether oxygens (including phenoxy) is 1. The summed E-state index contributed by atoms with van der Waals surface area (Å²) in [4.78, 5) is 152. The number of hydrogen-bond acceptors (Lipinski definition) is 21. The Morgan fingerprint density at radius 2 is 0.575 bits per heavy atom. The van der Waals surface area contributed by atoms with E-state index in [4.69, 9.17) is 74.0 Å². The number of hydrogen-bond donors (Lipinski definition) is 4. The van der Waals surface area contributed by atoms with Crippen LogP contribution in [0.1, 0.15) is 181 Å². The Kier molecular flexibility index (Phi) is 68.8. The van der Waals surface area contributed by atoms with E-state index in [9.17, 15) is 28.8 Å². The molecule has 780 valence electrons. The van der Waals surface area contributed by atoms with Gasteiger partial charge in [-0.25, -0.2) is 4.98 Å². The number of fused-ring (bicyclic) bond motifs is 3. The predicted molar refractivity (Wildman–Crippen MR) is 570 cm³/mol. The minimum Gasteiger partial charge on any atom is -0.545 e. The number of nitrogens with one attached hydrogen (secondary N) is 3. The molecule has 35 heteroatoms. The van der Waals surface area contributed by atoms with Crippen LogP contribution in [0.3, 0.4) is 0 Å². The first-order chi connectivity index (χ1) is 68.6. The molecule has 30 nitrogen and oxygen atoms in total. The second kappa shape index (κ2) is 75.6. The van der Waals surface area contributed by atoms with E-state index in [1.165, 1.54) is 0 Å². The molecule has 0 bridgehead atoms. The number of unbranched alkanes of at least 4 members (excludes halogenated alkanes) is 9. The summed E-state index contributed by atoms with van der Waals surface area (Å²) >= 11 is 18.1. The van der Waals surface area contributed by atoms with Gasteiger partial charge in [-0.1, -0.05) is 139 Å². The molecule has 0 unspecified atom stereocenters. The van der Waals surface area contributed by atoms with Crippen molar-refractivity contribution in [1.82, 2.24) is 64.4 Å². The molecule has 11 N–H and O–H groups in total. The van der Waals surface area contributed by atoms with Gasteiger partial charge in [0.2, 0.25) is 23.6 Å². The number of nitrogens with two attached hydrogens (primary N) is 1. The standard InChI is InChI=1S/2C37H40ClN5O2.C25H30ClN3O2.C6H7NO.6CHO.3H2O.2Re/c2*1-27-13-18-35-34(23-27)33(28(2)43(35)37(45)29-14-16-30(38)17-15-29)24-36(44)41-21-7-3-4-10-22-42(25-31-11-5-8-19-39-31)26-32-12-6-9-20-40-32;1-17-7-12-23-22(15-17)21(16-24(30)28-14-6-4-3-5-13-27)18(2)29(23)25(31)19-8-10-20(26)11-9-19;1-8-6-4-2-3-5-7-6;6*1-2;;;;;/h2*5-6,8-9,11-20,23H,3-4,7,10,21-22,24-26H2,1-2H3,(H,41,44);7-12,15H,3-6,13-14,16,27H2,1-2H3,(H,28,30);2-5H,1H3;6*1H;3*1H2;;/q;;;;6*-1;;;;;. The van der Waals surface area contributed by atoms with Gasteiger partial charge in [-0.3, -0.25) is 113 Å². The average Bonchev–Trinajstić information content (AvgIpc) is 1.62. The topological polar surface area (TPSA) is 456 Å². The van der Waals surface area contributed by atoms with Gasteiger partial charge in [0, 0.05) is 189 Å². The SMILES string of the molecule is COc1ccccn1.Cc1ccc2c(c1)c(CC(=O)NCCCCCCN(Cc1ccccn1)Cc1ccccn1)c(C)n2C(=O)c1ccc(Cl)cc1.Cc1ccc2c(c1)c(CC(=O)NCCCCCCN(Cc1ccccn1)Cc1ccccn1)c(C)n2C(=O)c1ccc(Cl)cc1.Cc1ccc2c(c1)c(CC(=O)NCCCCCCN)c(C)n2C(=O)c1ccc(Cl)cc1.O.O.O.[CH-]=O.[CH-]=O.[CH-]=O.[CH-]=O.[CH-]=O.[CH-]=O.[Re].[Re]. The fraction of sp³-hybridized carbons (Fsp3) is 0.288. The summed E-state index contributed by atoms with van der Waals surface area (Å²) in [6.45, 7) is 39.0. The van der Waals surface area contributed by atoms with Crippen LogP contribution >= 0.6 is 34.8 Å². The van der Waals surface area contributed by atoms with Gasteiger partial charge in [-0.2, -0.15) is 0 Å². The van der Waals surface area contributed by atoms with Crippen LogP contribution < -0.4 is 26.4 Å². The summed E-state index contributed by atoms with van der Waals surface area (Å²) in [5.74, 6) is 0.166. The molecule has 8 aromatic heterocycles. The molecule has 0 aliphatic heterocycles. The fourth-order valence-electron chi connectivity index (χ4n) is 15.8. The van der Waals surface area contributed by atoms with Gasteiger partial charge in [0.25, 0.3) is 17.7 Å². The molecule has 146 heavy (non-hydrogen) atoms. The summed E-state index contributed by atoms with van der Waals surface area (Å²) in [7, 11) is 1.60. The number of pyridine rings is 5. The number of carbonyl (C=O) groups is 6. The van der Waals surface area contributed by atoms with Gasteiger partial charge in [0.15, 0.2) is 0 Å². The largest absolute Gasteiger partial charge is 0.545 e. The number of halogens is 3. The predicted octanol–water partition coefficient (Wildman–Crippen LogP) is 16.4. The van der Waals surface area contributed by atoms with Gasteiger partial charge in [-0.15, -0.1) is 0 Å². The van der Waals surface area contributed by atoms with Gasteiger partial charge in [0.1, 0.15) is 0 Å². The fourth-order valence-corrected chi connectivity index (χ4v) is 16.2. The summed E-state index contributed by atoms with van der Waals surface area (Å²) in [5, 5.41) is 13.8. The van der Waals surface area contributed by atoms with E-state index >= 15 is 0 Å². The minimum absolute atomic E-state index is 0. The summed E-state index contributed by atoms with van der Waals surface area (Å²) in [5.41, 5.74) is 22.1. The first-order valence-electron chi connectivity index (χ1n) is 45.8. The molecule has 6 aromatic carbocycles. The van der Waals surface area contributed by atoms with E-state index in [2.05, 4.69) is 128 Å². The van der Waals surface area contributed by atoms with E-state index in [0.29, 0.717) is 63.8 Å². The van der Waals surface area contributed by atoms with E-state index in [-0.39, 0.29) is 112 Å². The first-order valence-corrected chi connectivity index (χ1v) is 46.9. The van der Waals surface area contributed by atoms with E-state index in [1.807, 2.05) is 169 Å². The van der Waals surface area contributed by atoms with E-state index in [1.54, 1.807) is 106 Å². The van der Waals surface area contributed by atoms with Crippen LogP contribution in [0.4, 0.5) is 0 Å². The number of benzene rings is 6. The maximum Gasteiger partial charge on any atom is 0.262 e. The Bertz CT molecular complexity index is 5770. The van der Waals surface area contributed by atoms with Crippen molar-refractivity contribution in [3.63, 3.8) is 0 Å². The molecule has 14 aromatic rings. The van der Waals surface area contributed by atoms with Gasteiger partial charge >= 0.3 is 0 Å². The molecule has 0 aliphatic rings. The quantitative estimate of drug-likeness (QED) is 0.0159. The summed E-state index contributed by atoms with van der Waals surface area (Å²) in [6, 6.07) is 68.3. The zero-order valence-corrected chi connectivity index (χ0v) is 90.8. The monoisotopic (exact) mass is 2390 g/mol. The molecule has 2 radical (unpaired) electrons.